The Morgan fingerprint density at radius 3 is 2.33 bits per heavy atom. The highest BCUT2D eigenvalue weighted by atomic mass is 35.5. The van der Waals surface area contributed by atoms with Crippen LogP contribution in [-0.2, 0) is 0 Å². The van der Waals surface area contributed by atoms with Crippen LogP contribution >= 0.6 is 23.4 Å². The van der Waals surface area contributed by atoms with Crippen molar-refractivity contribution in [3.63, 3.8) is 0 Å². The minimum absolute atomic E-state index is 0.0969. The molecule has 3 aromatic rings. The molecule has 4 N–H and O–H groups in total. The summed E-state index contributed by atoms with van der Waals surface area (Å²) in [5.74, 6) is 1.97. The van der Waals surface area contributed by atoms with Gasteiger partial charge in [0, 0.05) is 55.7 Å². The minimum Gasteiger partial charge on any atom is -0.382 e. The first kappa shape index (κ1) is 22.1. The lowest BCUT2D eigenvalue weighted by atomic mass is 9.68. The fourth-order valence-corrected chi connectivity index (χ4v) is 5.65. The summed E-state index contributed by atoms with van der Waals surface area (Å²) in [4.78, 5) is 27.3. The Bertz CT molecular complexity index is 1090. The number of nitrogens with zero attached hydrogens (tertiary/aromatic N) is 7. The molecule has 0 aliphatic carbocycles. The molecule has 2 aliphatic rings. The average Bonchev–Trinajstić information content (AvgIpc) is 2.85. The Kier molecular flexibility index (Phi) is 6.22. The first-order chi connectivity index (χ1) is 16.0. The molecule has 11 heteroatoms. The Balaban J connectivity index is 1.19. The molecule has 1 spiro atoms. The minimum atomic E-state index is 0.0969. The van der Waals surface area contributed by atoms with Crippen molar-refractivity contribution in [3.8, 4) is 0 Å². The maximum absolute atomic E-state index is 6.70. The van der Waals surface area contributed by atoms with Crippen molar-refractivity contribution in [3.05, 3.63) is 48.1 Å². The molecule has 2 aliphatic heterocycles. The summed E-state index contributed by atoms with van der Waals surface area (Å²) >= 11 is 7.66. The third kappa shape index (κ3) is 4.55. The smallest absolute Gasteiger partial charge is 0.225 e. The summed E-state index contributed by atoms with van der Waals surface area (Å²) in [5, 5.41) is 1.20. The Morgan fingerprint density at radius 2 is 1.67 bits per heavy atom. The number of nitrogens with two attached hydrogens (primary N) is 2. The van der Waals surface area contributed by atoms with Crippen molar-refractivity contribution in [1.82, 2.24) is 24.9 Å². The number of rotatable bonds is 4. The highest BCUT2D eigenvalue weighted by Crippen LogP contribution is 2.42. The summed E-state index contributed by atoms with van der Waals surface area (Å²) < 4.78 is 0. The topological polar surface area (TPSA) is 123 Å². The molecule has 0 saturated carbocycles. The lowest BCUT2D eigenvalue weighted by Gasteiger charge is -2.50. The first-order valence-electron chi connectivity index (χ1n) is 11.0. The Hall–Kier alpha value is -2.69. The van der Waals surface area contributed by atoms with E-state index >= 15 is 0 Å². The molecule has 2 fully saturated rings. The zero-order chi connectivity index (χ0) is 22.8. The molecule has 0 radical (unpaired) electrons. The molecule has 33 heavy (non-hydrogen) atoms. The van der Waals surface area contributed by atoms with Gasteiger partial charge in [0.25, 0.3) is 0 Å². The molecule has 5 heterocycles. The average molecular weight is 484 g/mol. The van der Waals surface area contributed by atoms with Gasteiger partial charge >= 0.3 is 0 Å². The van der Waals surface area contributed by atoms with Crippen LogP contribution in [0.4, 0.5) is 17.6 Å². The maximum atomic E-state index is 6.70. The van der Waals surface area contributed by atoms with Crippen molar-refractivity contribution in [2.45, 2.75) is 35.2 Å². The van der Waals surface area contributed by atoms with Crippen LogP contribution in [0, 0.1) is 5.41 Å². The molecule has 0 aromatic carbocycles. The Labute approximate surface area is 202 Å². The fraction of sp³-hybridized carbons (Fsp3) is 0.409. The standard InChI is InChI=1S/C22H26ClN9S/c23-19-15(2-8-26-20(19)25)33-18-13-29-17(12-30-18)31-9-3-22(4-10-31)5-11-32(14-16(22)24)21-27-6-1-7-28-21/h1-2,6-8,12-13,16H,3-5,9-11,14,24H2,(H2,25,26). The van der Waals surface area contributed by atoms with Crippen LogP contribution in [0.1, 0.15) is 19.3 Å². The van der Waals surface area contributed by atoms with Crippen molar-refractivity contribution in [2.75, 3.05) is 41.7 Å². The summed E-state index contributed by atoms with van der Waals surface area (Å²) in [6.45, 7) is 3.57. The second-order valence-corrected chi connectivity index (χ2v) is 9.96. The maximum Gasteiger partial charge on any atom is 0.225 e. The van der Waals surface area contributed by atoms with E-state index in [1.54, 1.807) is 24.8 Å². The lowest BCUT2D eigenvalue weighted by Crippen LogP contribution is -2.59. The number of piperidine rings is 2. The molecule has 1 unspecified atom stereocenters. The van der Waals surface area contributed by atoms with Crippen LogP contribution in [0.5, 0.6) is 0 Å². The largest absolute Gasteiger partial charge is 0.382 e. The SMILES string of the molecule is Nc1nccc(Sc2cnc(N3CCC4(CC3)CCN(c3ncccn3)CC4N)cn2)c1Cl. The second-order valence-electron chi connectivity index (χ2n) is 8.52. The van der Waals surface area contributed by atoms with Gasteiger partial charge in [-0.05, 0) is 36.8 Å². The lowest BCUT2D eigenvalue weighted by molar-refractivity contribution is 0.135. The van der Waals surface area contributed by atoms with Crippen LogP contribution in [0.15, 0.2) is 53.0 Å². The molecule has 172 valence electrons. The van der Waals surface area contributed by atoms with E-state index in [9.17, 15) is 0 Å². The number of hydrogen-bond acceptors (Lipinski definition) is 10. The number of halogens is 1. The molecular weight excluding hydrogens is 458 g/mol. The van der Waals surface area contributed by atoms with Crippen LogP contribution in [0.25, 0.3) is 0 Å². The highest BCUT2D eigenvalue weighted by Gasteiger charge is 2.43. The quantitative estimate of drug-likeness (QED) is 0.572. The third-order valence-electron chi connectivity index (χ3n) is 6.71. The third-order valence-corrected chi connectivity index (χ3v) is 8.20. The normalized spacial score (nSPS) is 20.2. The molecular formula is C22H26ClN9S. The second kappa shape index (κ2) is 9.28. The van der Waals surface area contributed by atoms with E-state index in [0.717, 1.165) is 67.1 Å². The summed E-state index contributed by atoms with van der Waals surface area (Å²) in [5.41, 5.74) is 12.6. The van der Waals surface area contributed by atoms with E-state index in [1.807, 2.05) is 18.3 Å². The molecule has 3 aromatic heterocycles. The number of nitrogen functional groups attached to an aromatic ring is 1. The molecule has 5 rings (SSSR count). The summed E-state index contributed by atoms with van der Waals surface area (Å²) in [6.07, 6.45) is 11.9. The van der Waals surface area contributed by atoms with Crippen molar-refractivity contribution in [1.29, 1.82) is 0 Å². The van der Waals surface area contributed by atoms with Gasteiger partial charge in [0.2, 0.25) is 5.95 Å². The van der Waals surface area contributed by atoms with E-state index in [4.69, 9.17) is 23.1 Å². The predicted octanol–water partition coefficient (Wildman–Crippen LogP) is 2.87. The first-order valence-corrected chi connectivity index (χ1v) is 12.2. The number of anilines is 3. The highest BCUT2D eigenvalue weighted by molar-refractivity contribution is 7.99. The predicted molar refractivity (Wildman–Crippen MR) is 131 cm³/mol. The van der Waals surface area contributed by atoms with Crippen LogP contribution in [0.2, 0.25) is 5.02 Å². The monoisotopic (exact) mass is 483 g/mol. The van der Waals surface area contributed by atoms with E-state index in [1.165, 1.54) is 11.8 Å². The van der Waals surface area contributed by atoms with Crippen LogP contribution in [0.3, 0.4) is 0 Å². The zero-order valence-corrected chi connectivity index (χ0v) is 19.7. The Morgan fingerprint density at radius 1 is 0.939 bits per heavy atom. The van der Waals surface area contributed by atoms with E-state index < -0.39 is 0 Å². The summed E-state index contributed by atoms with van der Waals surface area (Å²) in [7, 11) is 0. The van der Waals surface area contributed by atoms with Crippen molar-refractivity contribution < 1.29 is 0 Å². The van der Waals surface area contributed by atoms with Gasteiger partial charge in [-0.3, -0.25) is 0 Å². The van der Waals surface area contributed by atoms with Gasteiger partial charge in [0.15, 0.2) is 0 Å². The molecule has 9 nitrogen and oxygen atoms in total. The zero-order valence-electron chi connectivity index (χ0n) is 18.1. The molecule has 2 saturated heterocycles. The van der Waals surface area contributed by atoms with Gasteiger partial charge in [-0.15, -0.1) is 0 Å². The van der Waals surface area contributed by atoms with Crippen LogP contribution in [-0.4, -0.2) is 57.1 Å². The van der Waals surface area contributed by atoms with Gasteiger partial charge in [0.1, 0.15) is 16.7 Å². The van der Waals surface area contributed by atoms with E-state index in [-0.39, 0.29) is 11.5 Å². The van der Waals surface area contributed by atoms with Gasteiger partial charge in [-0.25, -0.2) is 24.9 Å². The summed E-state index contributed by atoms with van der Waals surface area (Å²) in [6, 6.07) is 3.75. The number of aromatic nitrogens is 5. The van der Waals surface area contributed by atoms with Crippen molar-refractivity contribution >= 4 is 40.9 Å². The molecule has 0 amide bonds. The number of pyridine rings is 1. The molecule has 1 atom stereocenters. The van der Waals surface area contributed by atoms with E-state index in [0.29, 0.717) is 10.8 Å². The van der Waals surface area contributed by atoms with Crippen LogP contribution < -0.4 is 21.3 Å². The van der Waals surface area contributed by atoms with Gasteiger partial charge in [0.05, 0.1) is 17.4 Å². The van der Waals surface area contributed by atoms with Gasteiger partial charge in [-0.1, -0.05) is 23.4 Å². The fourth-order valence-electron chi connectivity index (χ4n) is 4.66. The molecule has 0 bridgehead atoms. The van der Waals surface area contributed by atoms with E-state index in [2.05, 4.69) is 34.7 Å². The van der Waals surface area contributed by atoms with Gasteiger partial charge < -0.3 is 21.3 Å². The van der Waals surface area contributed by atoms with Crippen molar-refractivity contribution in [2.24, 2.45) is 11.1 Å². The number of hydrogen-bond donors (Lipinski definition) is 2. The van der Waals surface area contributed by atoms with Gasteiger partial charge in [-0.2, -0.15) is 0 Å².